The number of nitrogens with zero attached hydrogens (tertiary/aromatic N) is 2. The molecule has 1 N–H and O–H groups in total. The van der Waals surface area contributed by atoms with Gasteiger partial charge in [0.25, 0.3) is 0 Å². The first-order valence-electron chi connectivity index (χ1n) is 2.99. The fourth-order valence-electron chi connectivity index (χ4n) is 0.926. The summed E-state index contributed by atoms with van der Waals surface area (Å²) >= 11 is 0. The van der Waals surface area contributed by atoms with Crippen molar-refractivity contribution in [1.29, 1.82) is 0 Å². The van der Waals surface area contributed by atoms with E-state index in [1.807, 2.05) is 18.2 Å². The van der Waals surface area contributed by atoms with Gasteiger partial charge in [0.05, 0.1) is 0 Å². The average Bonchev–Trinajstić information content (AvgIpc) is 2.36. The smallest absolute Gasteiger partial charge is 0.116 e. The second kappa shape index (κ2) is 1.80. The van der Waals surface area contributed by atoms with Gasteiger partial charge < -0.3 is 0 Å². The maximum atomic E-state index is 3.92. The molecule has 0 spiro atoms. The van der Waals surface area contributed by atoms with Gasteiger partial charge in [0.2, 0.25) is 0 Å². The van der Waals surface area contributed by atoms with Crippen molar-refractivity contribution in [2.75, 3.05) is 0 Å². The van der Waals surface area contributed by atoms with E-state index in [1.54, 1.807) is 0 Å². The fraction of sp³-hybridized carbons (Fsp3) is 0. The van der Waals surface area contributed by atoms with Crippen LogP contribution in [0.2, 0.25) is 0 Å². The molecule has 3 heteroatoms. The predicted molar refractivity (Wildman–Crippen MR) is 38.3 cm³/mol. The van der Waals surface area contributed by atoms with E-state index in [0.717, 1.165) is 16.6 Å². The standard InChI is InChI=1S/C7H6N3/c1-5-3-2-4-6-7(5)9-10-8-6/h2-4H,1H2,(H,8,9,10). The van der Waals surface area contributed by atoms with Gasteiger partial charge in [0.15, 0.2) is 0 Å². The highest BCUT2D eigenvalue weighted by atomic mass is 15.3. The highest BCUT2D eigenvalue weighted by molar-refractivity contribution is 5.77. The molecule has 0 atom stereocenters. The Labute approximate surface area is 58.1 Å². The number of aromatic amines is 1. The Bertz CT molecular complexity index is 350. The number of hydrogen-bond acceptors (Lipinski definition) is 2. The minimum atomic E-state index is 0.850. The van der Waals surface area contributed by atoms with Gasteiger partial charge in [-0.05, 0) is 18.6 Å². The van der Waals surface area contributed by atoms with Gasteiger partial charge in [-0.2, -0.15) is 15.4 Å². The largest absolute Gasteiger partial charge is 0.197 e. The molecule has 2 aromatic rings. The topological polar surface area (TPSA) is 41.6 Å². The van der Waals surface area contributed by atoms with Crippen molar-refractivity contribution in [2.24, 2.45) is 0 Å². The molecule has 0 fully saturated rings. The molecule has 0 saturated carbocycles. The lowest BCUT2D eigenvalue weighted by molar-refractivity contribution is 0.959. The highest BCUT2D eigenvalue weighted by Gasteiger charge is 1.97. The zero-order valence-electron chi connectivity index (χ0n) is 5.33. The quantitative estimate of drug-likeness (QED) is 0.584. The lowest BCUT2D eigenvalue weighted by atomic mass is 10.2. The molecule has 0 aliphatic carbocycles. The third-order valence-corrected chi connectivity index (χ3v) is 1.43. The molecular weight excluding hydrogens is 126 g/mol. The lowest BCUT2D eigenvalue weighted by Gasteiger charge is -1.87. The molecule has 1 heterocycles. The number of fused-ring (bicyclic) bond motifs is 1. The van der Waals surface area contributed by atoms with Crippen LogP contribution in [0.15, 0.2) is 18.2 Å². The van der Waals surface area contributed by atoms with Crippen LogP contribution in [-0.4, -0.2) is 15.4 Å². The summed E-state index contributed by atoms with van der Waals surface area (Å²) in [5.41, 5.74) is 2.63. The Hall–Kier alpha value is -1.38. The summed E-state index contributed by atoms with van der Waals surface area (Å²) in [4.78, 5) is 0. The highest BCUT2D eigenvalue weighted by Crippen LogP contribution is 2.10. The number of hydrogen-bond donors (Lipinski definition) is 1. The van der Waals surface area contributed by atoms with Gasteiger partial charge in [0.1, 0.15) is 11.0 Å². The van der Waals surface area contributed by atoms with Crippen molar-refractivity contribution in [3.63, 3.8) is 0 Å². The van der Waals surface area contributed by atoms with Crippen LogP contribution < -0.4 is 0 Å². The minimum absolute atomic E-state index is 0.850. The van der Waals surface area contributed by atoms with Crippen molar-refractivity contribution < 1.29 is 0 Å². The Balaban J connectivity index is 2.95. The van der Waals surface area contributed by atoms with E-state index in [2.05, 4.69) is 22.3 Å². The van der Waals surface area contributed by atoms with Gasteiger partial charge in [-0.25, -0.2) is 0 Å². The van der Waals surface area contributed by atoms with E-state index >= 15 is 0 Å². The van der Waals surface area contributed by atoms with Crippen LogP contribution in [0, 0.1) is 6.92 Å². The second-order valence-electron chi connectivity index (χ2n) is 2.11. The molecule has 0 unspecified atom stereocenters. The van der Waals surface area contributed by atoms with Crippen LogP contribution >= 0.6 is 0 Å². The molecule has 0 aliphatic rings. The average molecular weight is 132 g/mol. The Morgan fingerprint density at radius 1 is 1.30 bits per heavy atom. The van der Waals surface area contributed by atoms with Gasteiger partial charge in [-0.1, -0.05) is 12.1 Å². The normalized spacial score (nSPS) is 10.5. The molecular formula is C7H6N3. The monoisotopic (exact) mass is 132 g/mol. The fourth-order valence-corrected chi connectivity index (χ4v) is 0.926. The van der Waals surface area contributed by atoms with Crippen LogP contribution in [-0.2, 0) is 0 Å². The number of H-pyrrole nitrogens is 1. The molecule has 10 heavy (non-hydrogen) atoms. The summed E-state index contributed by atoms with van der Waals surface area (Å²) in [5.74, 6) is 0. The maximum absolute atomic E-state index is 3.92. The second-order valence-corrected chi connectivity index (χ2v) is 2.11. The summed E-state index contributed by atoms with van der Waals surface area (Å²) in [6.45, 7) is 3.80. The first-order valence-corrected chi connectivity index (χ1v) is 2.99. The van der Waals surface area contributed by atoms with Crippen molar-refractivity contribution >= 4 is 11.0 Å². The molecule has 2 rings (SSSR count). The van der Waals surface area contributed by atoms with Crippen molar-refractivity contribution in [1.82, 2.24) is 15.4 Å². The van der Waals surface area contributed by atoms with Crippen LogP contribution in [0.3, 0.4) is 0 Å². The summed E-state index contributed by atoms with van der Waals surface area (Å²) < 4.78 is 0. The predicted octanol–water partition coefficient (Wildman–Crippen LogP) is 1.14. The molecule has 0 aliphatic heterocycles. The molecule has 1 radical (unpaired) electrons. The minimum Gasteiger partial charge on any atom is -0.197 e. The first kappa shape index (κ1) is 5.41. The summed E-state index contributed by atoms with van der Waals surface area (Å²) in [6.07, 6.45) is 0. The van der Waals surface area contributed by atoms with Crippen molar-refractivity contribution in [3.8, 4) is 0 Å². The van der Waals surface area contributed by atoms with Crippen LogP contribution in [0.25, 0.3) is 11.0 Å². The van der Waals surface area contributed by atoms with E-state index in [0.29, 0.717) is 0 Å². The molecule has 0 amide bonds. The molecule has 49 valence electrons. The number of nitrogens with one attached hydrogen (secondary N) is 1. The third-order valence-electron chi connectivity index (χ3n) is 1.43. The molecule has 1 aromatic heterocycles. The molecule has 0 bridgehead atoms. The van der Waals surface area contributed by atoms with E-state index in [4.69, 9.17) is 0 Å². The molecule has 3 nitrogen and oxygen atoms in total. The first-order chi connectivity index (χ1) is 4.88. The number of para-hydroxylation sites is 1. The van der Waals surface area contributed by atoms with E-state index in [1.165, 1.54) is 0 Å². The lowest BCUT2D eigenvalue weighted by Crippen LogP contribution is -1.73. The number of aromatic nitrogens is 3. The van der Waals surface area contributed by atoms with Gasteiger partial charge in [-0.15, -0.1) is 0 Å². The number of rotatable bonds is 0. The summed E-state index contributed by atoms with van der Waals surface area (Å²) in [5, 5.41) is 10.4. The van der Waals surface area contributed by atoms with E-state index in [9.17, 15) is 0 Å². The van der Waals surface area contributed by atoms with E-state index in [-0.39, 0.29) is 0 Å². The van der Waals surface area contributed by atoms with Crippen LogP contribution in [0.4, 0.5) is 0 Å². The SMILES string of the molecule is [CH2]c1cccc2n[nH]nc12. The van der Waals surface area contributed by atoms with Crippen LogP contribution in [0.1, 0.15) is 5.56 Å². The Morgan fingerprint density at radius 2 is 2.20 bits per heavy atom. The van der Waals surface area contributed by atoms with Gasteiger partial charge in [0, 0.05) is 0 Å². The maximum Gasteiger partial charge on any atom is 0.116 e. The van der Waals surface area contributed by atoms with Gasteiger partial charge in [-0.3, -0.25) is 0 Å². The summed E-state index contributed by atoms with van der Waals surface area (Å²) in [7, 11) is 0. The third kappa shape index (κ3) is 0.603. The Kier molecular flexibility index (Phi) is 0.974. The molecule has 0 saturated heterocycles. The summed E-state index contributed by atoms with van der Waals surface area (Å²) in [6, 6.07) is 5.71. The molecule has 1 aromatic carbocycles. The Morgan fingerprint density at radius 3 is 3.00 bits per heavy atom. The zero-order chi connectivity index (χ0) is 6.97. The van der Waals surface area contributed by atoms with Crippen molar-refractivity contribution in [2.45, 2.75) is 0 Å². The van der Waals surface area contributed by atoms with Crippen molar-refractivity contribution in [3.05, 3.63) is 30.7 Å². The van der Waals surface area contributed by atoms with Gasteiger partial charge >= 0.3 is 0 Å². The number of benzene rings is 1. The van der Waals surface area contributed by atoms with Crippen LogP contribution in [0.5, 0.6) is 0 Å². The zero-order valence-corrected chi connectivity index (χ0v) is 5.33. The van der Waals surface area contributed by atoms with E-state index < -0.39 is 0 Å².